The number of carbonyl (C=O) groups excluding carboxylic acids is 1. The Labute approximate surface area is 71.9 Å². The molecule has 0 spiro atoms. The molecule has 0 aliphatic heterocycles. The van der Waals surface area contributed by atoms with Crippen molar-refractivity contribution in [2.75, 3.05) is 0 Å². The number of carbonyl (C=O) groups is 1. The third-order valence-corrected chi connectivity index (χ3v) is 2.47. The van der Waals surface area contributed by atoms with Crippen LogP contribution in [0.3, 0.4) is 0 Å². The van der Waals surface area contributed by atoms with Crippen LogP contribution in [0.25, 0.3) is 0 Å². The number of fused-ring (bicyclic) bond motifs is 1. The lowest BCUT2D eigenvalue weighted by Gasteiger charge is -2.36. The molecule has 0 saturated carbocycles. The fourth-order valence-corrected chi connectivity index (χ4v) is 1.80. The highest BCUT2D eigenvalue weighted by molar-refractivity contribution is 5.66. The molecule has 0 saturated heterocycles. The monoisotopic (exact) mass is 164 g/mol. The van der Waals surface area contributed by atoms with Gasteiger partial charge in [0.2, 0.25) is 0 Å². The molecule has 2 nitrogen and oxygen atoms in total. The maximum absolute atomic E-state index is 10.7. The van der Waals surface area contributed by atoms with E-state index in [2.05, 4.69) is 24.3 Å². The Morgan fingerprint density at radius 3 is 2.83 bits per heavy atom. The van der Waals surface area contributed by atoms with Gasteiger partial charge in [-0.1, -0.05) is 24.3 Å². The molecule has 0 amide bonds. The van der Waals surface area contributed by atoms with Gasteiger partial charge in [-0.05, 0) is 0 Å². The number of hydrogen-bond acceptors (Lipinski definition) is 2. The lowest BCUT2D eigenvalue weighted by molar-refractivity contribution is -0.149. The molecule has 0 fully saturated rings. The highest BCUT2D eigenvalue weighted by atomic mass is 16.5. The van der Waals surface area contributed by atoms with Gasteiger partial charge >= 0.3 is 5.97 Å². The van der Waals surface area contributed by atoms with Crippen LogP contribution in [0.5, 0.6) is 0 Å². The predicted molar refractivity (Wildman–Crippen MR) is 45.4 cm³/mol. The Morgan fingerprint density at radius 1 is 1.42 bits per heavy atom. The largest absolute Gasteiger partial charge is 0.462 e. The number of allylic oxidation sites excluding steroid dienone is 2. The standard InChI is InChI=1S/C10H12O2/c1-7(11)12-10-4-2-3-8-5-6-9(8)10/h2-3,5-6,8-10H,4H2,1H3/t8-,9+,10-/m1/s1. The van der Waals surface area contributed by atoms with E-state index >= 15 is 0 Å². The SMILES string of the molecule is CC(=O)O[C@@H]1CC=C[C@@H]2C=C[C@@H]21. The van der Waals surface area contributed by atoms with Gasteiger partial charge in [0, 0.05) is 25.2 Å². The maximum atomic E-state index is 10.7. The Kier molecular flexibility index (Phi) is 1.75. The molecule has 2 heteroatoms. The summed E-state index contributed by atoms with van der Waals surface area (Å²) in [6.45, 7) is 1.47. The molecule has 2 aliphatic rings. The average molecular weight is 164 g/mol. The summed E-state index contributed by atoms with van der Waals surface area (Å²) in [6, 6.07) is 0. The van der Waals surface area contributed by atoms with Gasteiger partial charge in [0.05, 0.1) is 0 Å². The van der Waals surface area contributed by atoms with Crippen molar-refractivity contribution in [2.45, 2.75) is 19.4 Å². The molecule has 2 aliphatic carbocycles. The first-order valence-corrected chi connectivity index (χ1v) is 4.29. The molecular weight excluding hydrogens is 152 g/mol. The molecule has 64 valence electrons. The maximum Gasteiger partial charge on any atom is 0.302 e. The van der Waals surface area contributed by atoms with Crippen molar-refractivity contribution >= 4 is 5.97 Å². The van der Waals surface area contributed by atoms with E-state index in [0.29, 0.717) is 11.8 Å². The molecule has 0 heterocycles. The van der Waals surface area contributed by atoms with Gasteiger partial charge in [-0.25, -0.2) is 0 Å². The second kappa shape index (κ2) is 2.77. The molecule has 0 aromatic heterocycles. The summed E-state index contributed by atoms with van der Waals surface area (Å²) in [5.74, 6) is 0.788. The van der Waals surface area contributed by atoms with Gasteiger partial charge in [0.15, 0.2) is 0 Å². The first-order valence-electron chi connectivity index (χ1n) is 4.29. The number of esters is 1. The molecule has 0 unspecified atom stereocenters. The van der Waals surface area contributed by atoms with Crippen LogP contribution in [-0.4, -0.2) is 12.1 Å². The average Bonchev–Trinajstić information content (AvgIpc) is 1.91. The zero-order valence-corrected chi connectivity index (χ0v) is 7.07. The topological polar surface area (TPSA) is 26.3 Å². The van der Waals surface area contributed by atoms with Gasteiger partial charge in [-0.2, -0.15) is 0 Å². The van der Waals surface area contributed by atoms with Crippen molar-refractivity contribution in [3.63, 3.8) is 0 Å². The molecule has 0 aromatic carbocycles. The minimum Gasteiger partial charge on any atom is -0.462 e. The Bertz CT molecular complexity index is 253. The van der Waals surface area contributed by atoms with E-state index in [4.69, 9.17) is 4.74 Å². The Balaban J connectivity index is 2.03. The quantitative estimate of drug-likeness (QED) is 0.435. The van der Waals surface area contributed by atoms with Gasteiger partial charge in [0.1, 0.15) is 6.10 Å². The molecular formula is C10H12O2. The van der Waals surface area contributed by atoms with Crippen LogP contribution < -0.4 is 0 Å². The lowest BCUT2D eigenvalue weighted by atomic mass is 9.74. The summed E-state index contributed by atoms with van der Waals surface area (Å²) in [5.41, 5.74) is 0. The normalized spacial score (nSPS) is 36.9. The third-order valence-electron chi connectivity index (χ3n) is 2.47. The Hall–Kier alpha value is -1.05. The highest BCUT2D eigenvalue weighted by Crippen LogP contribution is 2.36. The van der Waals surface area contributed by atoms with E-state index in [1.165, 1.54) is 6.92 Å². The van der Waals surface area contributed by atoms with Gasteiger partial charge < -0.3 is 4.74 Å². The molecule has 3 atom stereocenters. The minimum atomic E-state index is -0.172. The predicted octanol–water partition coefficient (Wildman–Crippen LogP) is 1.68. The summed E-state index contributed by atoms with van der Waals surface area (Å²) in [4.78, 5) is 10.7. The van der Waals surface area contributed by atoms with Crippen molar-refractivity contribution in [1.82, 2.24) is 0 Å². The smallest absolute Gasteiger partial charge is 0.302 e. The van der Waals surface area contributed by atoms with Gasteiger partial charge in [0.25, 0.3) is 0 Å². The van der Waals surface area contributed by atoms with E-state index in [9.17, 15) is 4.79 Å². The van der Waals surface area contributed by atoms with E-state index < -0.39 is 0 Å². The zero-order valence-electron chi connectivity index (χ0n) is 7.07. The second-order valence-corrected chi connectivity index (χ2v) is 3.35. The zero-order chi connectivity index (χ0) is 8.55. The van der Waals surface area contributed by atoms with Crippen LogP contribution in [0.1, 0.15) is 13.3 Å². The second-order valence-electron chi connectivity index (χ2n) is 3.35. The lowest BCUT2D eigenvalue weighted by Crippen LogP contribution is -2.35. The van der Waals surface area contributed by atoms with Crippen LogP contribution in [-0.2, 0) is 9.53 Å². The van der Waals surface area contributed by atoms with Crippen LogP contribution in [0.15, 0.2) is 24.3 Å². The van der Waals surface area contributed by atoms with E-state index in [1.807, 2.05) is 0 Å². The molecule has 0 bridgehead atoms. The van der Waals surface area contributed by atoms with E-state index in [1.54, 1.807) is 0 Å². The van der Waals surface area contributed by atoms with Crippen molar-refractivity contribution in [1.29, 1.82) is 0 Å². The minimum absolute atomic E-state index is 0.0856. The van der Waals surface area contributed by atoms with E-state index in [-0.39, 0.29) is 12.1 Å². The summed E-state index contributed by atoms with van der Waals surface area (Å²) in [7, 11) is 0. The number of rotatable bonds is 1. The van der Waals surface area contributed by atoms with Gasteiger partial charge in [-0.3, -0.25) is 4.79 Å². The van der Waals surface area contributed by atoms with Crippen LogP contribution in [0.2, 0.25) is 0 Å². The summed E-state index contributed by atoms with van der Waals surface area (Å²) < 4.78 is 5.18. The summed E-state index contributed by atoms with van der Waals surface area (Å²) in [6.07, 6.45) is 9.51. The van der Waals surface area contributed by atoms with E-state index in [0.717, 1.165) is 6.42 Å². The van der Waals surface area contributed by atoms with Crippen molar-refractivity contribution in [3.05, 3.63) is 24.3 Å². The van der Waals surface area contributed by atoms with Crippen LogP contribution in [0.4, 0.5) is 0 Å². The molecule has 2 rings (SSSR count). The fourth-order valence-electron chi connectivity index (χ4n) is 1.80. The Morgan fingerprint density at radius 2 is 2.25 bits per heavy atom. The highest BCUT2D eigenvalue weighted by Gasteiger charge is 2.33. The van der Waals surface area contributed by atoms with Crippen molar-refractivity contribution in [3.8, 4) is 0 Å². The summed E-state index contributed by atoms with van der Waals surface area (Å²) >= 11 is 0. The van der Waals surface area contributed by atoms with Crippen molar-refractivity contribution < 1.29 is 9.53 Å². The van der Waals surface area contributed by atoms with Crippen molar-refractivity contribution in [2.24, 2.45) is 11.8 Å². The first kappa shape index (κ1) is 7.59. The molecule has 0 aromatic rings. The number of hydrogen-bond donors (Lipinski definition) is 0. The fraction of sp³-hybridized carbons (Fsp3) is 0.500. The third kappa shape index (κ3) is 1.17. The molecule has 0 radical (unpaired) electrons. The summed E-state index contributed by atoms with van der Waals surface area (Å²) in [5, 5.41) is 0. The number of ether oxygens (including phenoxy) is 1. The molecule has 0 N–H and O–H groups in total. The van der Waals surface area contributed by atoms with Crippen LogP contribution >= 0.6 is 0 Å². The molecule has 12 heavy (non-hydrogen) atoms. The first-order chi connectivity index (χ1) is 5.77. The van der Waals surface area contributed by atoms with Gasteiger partial charge in [-0.15, -0.1) is 0 Å². The van der Waals surface area contributed by atoms with Crippen LogP contribution in [0, 0.1) is 11.8 Å².